The van der Waals surface area contributed by atoms with Gasteiger partial charge in [-0.3, -0.25) is 0 Å². The summed E-state index contributed by atoms with van der Waals surface area (Å²) in [6.07, 6.45) is 0. The van der Waals surface area contributed by atoms with Crippen LogP contribution >= 0.6 is 0 Å². The molecule has 11 rings (SSSR count). The van der Waals surface area contributed by atoms with Gasteiger partial charge in [-0.15, -0.1) is 0 Å². The van der Waals surface area contributed by atoms with Crippen LogP contribution in [0.25, 0.3) is 105 Å². The summed E-state index contributed by atoms with van der Waals surface area (Å²) < 4.78 is 9.28. The normalized spacial score (nSPS) is 11.8. The molecule has 0 amide bonds. The molecule has 0 atom stereocenters. The molecule has 3 aromatic heterocycles. The molecular formula is C49H30N2O. The van der Waals surface area contributed by atoms with Gasteiger partial charge in [-0.25, -0.2) is 4.98 Å². The van der Waals surface area contributed by atoms with Crippen molar-refractivity contribution >= 4 is 65.4 Å². The summed E-state index contributed by atoms with van der Waals surface area (Å²) in [4.78, 5) is 5.27. The molecule has 0 aliphatic rings. The standard InChI is InChI=1S/C49H30N2O/c1-3-15-31(16-4-1)43-35-19-7-9-21-37(35)44(38-22-10-8-20-36(38)43)32-27-29-34(30-28-32)51-42-26-14-12-24-40(42)49-47(51)45-46(33-17-5-2-6-18-33)50-41-25-13-11-23-39(41)48(45)52-49/h1-30H. The Labute approximate surface area is 299 Å². The van der Waals surface area contributed by atoms with Crippen molar-refractivity contribution in [2.24, 2.45) is 0 Å². The number of aromatic nitrogens is 2. The molecule has 0 saturated heterocycles. The van der Waals surface area contributed by atoms with Crippen LogP contribution in [0.1, 0.15) is 0 Å². The summed E-state index contributed by atoms with van der Waals surface area (Å²) in [5.41, 5.74) is 12.8. The summed E-state index contributed by atoms with van der Waals surface area (Å²) in [7, 11) is 0. The van der Waals surface area contributed by atoms with Crippen LogP contribution in [-0.2, 0) is 0 Å². The van der Waals surface area contributed by atoms with E-state index in [4.69, 9.17) is 9.40 Å². The minimum Gasteiger partial charge on any atom is -0.453 e. The first-order valence-corrected chi connectivity index (χ1v) is 17.7. The van der Waals surface area contributed by atoms with E-state index in [1.54, 1.807) is 0 Å². The summed E-state index contributed by atoms with van der Waals surface area (Å²) in [6, 6.07) is 64.8. The Hall–Kier alpha value is -6.97. The van der Waals surface area contributed by atoms with E-state index in [0.717, 1.165) is 60.8 Å². The quantitative estimate of drug-likeness (QED) is 0.176. The van der Waals surface area contributed by atoms with Crippen LogP contribution in [0.5, 0.6) is 0 Å². The van der Waals surface area contributed by atoms with Crippen LogP contribution in [0.15, 0.2) is 186 Å². The van der Waals surface area contributed by atoms with Gasteiger partial charge in [-0.05, 0) is 80.2 Å². The van der Waals surface area contributed by atoms with E-state index in [2.05, 4.69) is 174 Å². The van der Waals surface area contributed by atoms with Crippen molar-refractivity contribution in [1.82, 2.24) is 9.55 Å². The van der Waals surface area contributed by atoms with Crippen molar-refractivity contribution < 1.29 is 4.42 Å². The van der Waals surface area contributed by atoms with Crippen molar-refractivity contribution in [3.63, 3.8) is 0 Å². The molecular weight excluding hydrogens is 633 g/mol. The van der Waals surface area contributed by atoms with Crippen molar-refractivity contribution in [3.8, 4) is 39.2 Å². The molecule has 0 radical (unpaired) electrons. The topological polar surface area (TPSA) is 31.0 Å². The third-order valence-corrected chi connectivity index (χ3v) is 10.6. The molecule has 3 heteroatoms. The second kappa shape index (κ2) is 11.3. The van der Waals surface area contributed by atoms with E-state index >= 15 is 0 Å². The number of fused-ring (bicyclic) bond motifs is 9. The zero-order valence-electron chi connectivity index (χ0n) is 28.1. The molecule has 0 N–H and O–H groups in total. The van der Waals surface area contributed by atoms with Gasteiger partial charge in [0.25, 0.3) is 0 Å². The number of furan rings is 1. The Kier molecular flexibility index (Phi) is 6.25. The lowest BCUT2D eigenvalue weighted by molar-refractivity contribution is 0.676. The Morgan fingerprint density at radius 1 is 0.385 bits per heavy atom. The summed E-state index contributed by atoms with van der Waals surface area (Å²) in [5.74, 6) is 0. The lowest BCUT2D eigenvalue weighted by atomic mass is 9.86. The number of nitrogens with zero attached hydrogens (tertiary/aromatic N) is 2. The second-order valence-corrected chi connectivity index (χ2v) is 13.4. The van der Waals surface area contributed by atoms with E-state index in [1.165, 1.54) is 43.8 Å². The van der Waals surface area contributed by atoms with Crippen molar-refractivity contribution in [3.05, 3.63) is 182 Å². The van der Waals surface area contributed by atoms with Gasteiger partial charge in [0.1, 0.15) is 11.1 Å². The lowest BCUT2D eigenvalue weighted by Crippen LogP contribution is -1.96. The Morgan fingerprint density at radius 3 is 1.48 bits per heavy atom. The number of pyridine rings is 1. The van der Waals surface area contributed by atoms with E-state index in [1.807, 2.05) is 12.1 Å². The molecule has 8 aromatic carbocycles. The third kappa shape index (κ3) is 4.17. The maximum Gasteiger partial charge on any atom is 0.161 e. The monoisotopic (exact) mass is 662 g/mol. The highest BCUT2D eigenvalue weighted by atomic mass is 16.3. The van der Waals surface area contributed by atoms with Gasteiger partial charge in [-0.2, -0.15) is 0 Å². The van der Waals surface area contributed by atoms with Crippen LogP contribution in [0.2, 0.25) is 0 Å². The Bertz CT molecular complexity index is 3100. The van der Waals surface area contributed by atoms with Gasteiger partial charge >= 0.3 is 0 Å². The fourth-order valence-corrected chi connectivity index (χ4v) is 8.35. The van der Waals surface area contributed by atoms with Gasteiger partial charge in [0.15, 0.2) is 5.58 Å². The molecule has 0 saturated carbocycles. The van der Waals surface area contributed by atoms with Crippen molar-refractivity contribution in [2.75, 3.05) is 0 Å². The molecule has 52 heavy (non-hydrogen) atoms. The Morgan fingerprint density at radius 2 is 0.865 bits per heavy atom. The zero-order chi connectivity index (χ0) is 34.2. The average Bonchev–Trinajstić information content (AvgIpc) is 3.76. The highest BCUT2D eigenvalue weighted by molar-refractivity contribution is 6.24. The number of hydrogen-bond donors (Lipinski definition) is 0. The van der Waals surface area contributed by atoms with Gasteiger partial charge in [-0.1, -0.05) is 146 Å². The number of benzene rings is 8. The van der Waals surface area contributed by atoms with E-state index < -0.39 is 0 Å². The first kappa shape index (κ1) is 28.8. The molecule has 242 valence electrons. The molecule has 11 aromatic rings. The molecule has 3 heterocycles. The summed E-state index contributed by atoms with van der Waals surface area (Å²) >= 11 is 0. The predicted molar refractivity (Wildman–Crippen MR) is 217 cm³/mol. The van der Waals surface area contributed by atoms with Crippen LogP contribution in [0.4, 0.5) is 0 Å². The van der Waals surface area contributed by atoms with Gasteiger partial charge in [0.05, 0.1) is 22.1 Å². The smallest absolute Gasteiger partial charge is 0.161 e. The second-order valence-electron chi connectivity index (χ2n) is 13.4. The zero-order valence-corrected chi connectivity index (χ0v) is 28.1. The maximum atomic E-state index is 6.92. The van der Waals surface area contributed by atoms with E-state index in [9.17, 15) is 0 Å². The first-order chi connectivity index (χ1) is 25.8. The summed E-state index contributed by atoms with van der Waals surface area (Å²) in [5, 5.41) is 8.10. The van der Waals surface area contributed by atoms with Crippen molar-refractivity contribution in [1.29, 1.82) is 0 Å². The van der Waals surface area contributed by atoms with Crippen LogP contribution in [0, 0.1) is 0 Å². The van der Waals surface area contributed by atoms with Crippen LogP contribution in [-0.4, -0.2) is 9.55 Å². The largest absolute Gasteiger partial charge is 0.453 e. The fraction of sp³-hybridized carbons (Fsp3) is 0. The number of rotatable bonds is 4. The highest BCUT2D eigenvalue weighted by Crippen LogP contribution is 2.46. The minimum atomic E-state index is 0.863. The number of hydrogen-bond acceptors (Lipinski definition) is 2. The predicted octanol–water partition coefficient (Wildman–Crippen LogP) is 13.4. The fourth-order valence-electron chi connectivity index (χ4n) is 8.35. The number of para-hydroxylation sites is 2. The van der Waals surface area contributed by atoms with Crippen LogP contribution in [0.3, 0.4) is 0 Å². The highest BCUT2D eigenvalue weighted by Gasteiger charge is 2.25. The lowest BCUT2D eigenvalue weighted by Gasteiger charge is -2.18. The molecule has 0 bridgehead atoms. The Balaban J connectivity index is 1.19. The molecule has 0 unspecified atom stereocenters. The molecule has 0 fully saturated rings. The van der Waals surface area contributed by atoms with E-state index in [-0.39, 0.29) is 0 Å². The third-order valence-electron chi connectivity index (χ3n) is 10.6. The molecule has 3 nitrogen and oxygen atoms in total. The van der Waals surface area contributed by atoms with E-state index in [0.29, 0.717) is 0 Å². The summed E-state index contributed by atoms with van der Waals surface area (Å²) in [6.45, 7) is 0. The van der Waals surface area contributed by atoms with Gasteiger partial charge in [0, 0.05) is 22.0 Å². The SMILES string of the molecule is c1ccc(-c2c3ccccc3c(-c3ccc(-n4c5ccccc5c5oc6c7ccccc7nc(-c7ccccc7)c6c54)cc3)c3ccccc23)cc1. The van der Waals surface area contributed by atoms with Gasteiger partial charge in [0.2, 0.25) is 0 Å². The minimum absolute atomic E-state index is 0.863. The maximum absolute atomic E-state index is 6.92. The van der Waals surface area contributed by atoms with Crippen LogP contribution < -0.4 is 0 Å². The van der Waals surface area contributed by atoms with Crippen molar-refractivity contribution in [2.45, 2.75) is 0 Å². The van der Waals surface area contributed by atoms with Gasteiger partial charge < -0.3 is 8.98 Å². The average molecular weight is 663 g/mol. The first-order valence-electron chi connectivity index (χ1n) is 17.7. The molecule has 0 aliphatic heterocycles. The molecule has 0 spiro atoms. The molecule has 0 aliphatic carbocycles.